The van der Waals surface area contributed by atoms with Gasteiger partial charge >= 0.3 is 0 Å². The van der Waals surface area contributed by atoms with Crippen LogP contribution in [0.1, 0.15) is 70.0 Å². The number of hydrogen-bond acceptors (Lipinski definition) is 2. The van der Waals surface area contributed by atoms with Gasteiger partial charge < -0.3 is 4.90 Å². The highest BCUT2D eigenvalue weighted by Crippen LogP contribution is 2.41. The number of benzene rings is 3. The Labute approximate surface area is 248 Å². The second kappa shape index (κ2) is 12.8. The van der Waals surface area contributed by atoms with Crippen molar-refractivity contribution in [2.24, 2.45) is 5.92 Å². The zero-order valence-corrected chi connectivity index (χ0v) is 25.5. The summed E-state index contributed by atoms with van der Waals surface area (Å²) in [6.45, 7) is 17.7. The van der Waals surface area contributed by atoms with E-state index >= 15 is 0 Å². The second-order valence-corrected chi connectivity index (χ2v) is 12.7. The van der Waals surface area contributed by atoms with Crippen molar-refractivity contribution in [2.75, 3.05) is 26.3 Å². The number of thiophene rings is 1. The Morgan fingerprint density at radius 2 is 1.71 bits per heavy atom. The molecule has 0 unspecified atom stereocenters. The van der Waals surface area contributed by atoms with Crippen molar-refractivity contribution < 1.29 is 8.78 Å². The van der Waals surface area contributed by atoms with E-state index in [1.807, 2.05) is 13.8 Å². The lowest BCUT2D eigenvalue weighted by atomic mass is 9.91. The zero-order valence-electron chi connectivity index (χ0n) is 24.7. The number of nitrogens with zero attached hydrogens (tertiary/aromatic N) is 1. The molecule has 1 atom stereocenters. The number of likely N-dealkylation sites (tertiary alicyclic amines) is 1. The maximum atomic E-state index is 14.1. The SMILES string of the molecule is C=C(CC)c1ccc2c(Cc3ccc(C[C@H]4CCN(CCCF)C4)cc3)c(C(=C)c3c(C)cc(F)cc3C)sc2c1. The van der Waals surface area contributed by atoms with E-state index in [2.05, 4.69) is 67.4 Å². The summed E-state index contributed by atoms with van der Waals surface area (Å²) in [4.78, 5) is 3.57. The maximum Gasteiger partial charge on any atom is 0.123 e. The summed E-state index contributed by atoms with van der Waals surface area (Å²) in [7, 11) is 0. The van der Waals surface area contributed by atoms with Gasteiger partial charge in [-0.15, -0.1) is 11.3 Å². The Morgan fingerprint density at radius 1 is 1.00 bits per heavy atom. The Kier molecular flexibility index (Phi) is 9.21. The molecule has 41 heavy (non-hydrogen) atoms. The van der Waals surface area contributed by atoms with Crippen LogP contribution >= 0.6 is 11.3 Å². The van der Waals surface area contributed by atoms with E-state index in [0.717, 1.165) is 66.7 Å². The van der Waals surface area contributed by atoms with Crippen LogP contribution in [-0.2, 0) is 12.8 Å². The number of halogens is 2. The van der Waals surface area contributed by atoms with Gasteiger partial charge in [0.15, 0.2) is 0 Å². The molecular weight excluding hydrogens is 528 g/mol. The molecule has 0 aliphatic carbocycles. The molecule has 0 spiro atoms. The number of hydrogen-bond donors (Lipinski definition) is 0. The molecule has 0 saturated carbocycles. The van der Waals surface area contributed by atoms with Crippen molar-refractivity contribution in [3.05, 3.63) is 117 Å². The van der Waals surface area contributed by atoms with Gasteiger partial charge in [0.25, 0.3) is 0 Å². The zero-order chi connectivity index (χ0) is 29.1. The van der Waals surface area contributed by atoms with Gasteiger partial charge in [-0.05, 0) is 132 Å². The molecule has 1 aromatic heterocycles. The standard InChI is InChI=1S/C37H41F2NS/c1-6-24(2)31-12-13-33-34(37(41-35(33)22-31)27(5)36-25(3)18-32(39)19-26(36)4)21-29-10-8-28(9-11-29)20-30-14-17-40(23-30)16-7-15-38/h8-13,18-19,22,30H,2,5-7,14-17,20-21,23H2,1,3-4H3/t30-/m1/s1. The van der Waals surface area contributed by atoms with Crippen LogP contribution in [0.4, 0.5) is 8.78 Å². The summed E-state index contributed by atoms with van der Waals surface area (Å²) < 4.78 is 27.9. The Morgan fingerprint density at radius 3 is 2.39 bits per heavy atom. The lowest BCUT2D eigenvalue weighted by Crippen LogP contribution is -2.22. The van der Waals surface area contributed by atoms with Crippen molar-refractivity contribution in [1.82, 2.24) is 4.90 Å². The molecule has 0 amide bonds. The third-order valence-corrected chi connectivity index (χ3v) is 9.86. The minimum Gasteiger partial charge on any atom is -0.303 e. The quantitative estimate of drug-likeness (QED) is 0.174. The molecule has 4 heteroatoms. The van der Waals surface area contributed by atoms with E-state index in [4.69, 9.17) is 0 Å². The Balaban J connectivity index is 1.44. The van der Waals surface area contributed by atoms with Gasteiger partial charge in [0.1, 0.15) is 5.82 Å². The Hall–Kier alpha value is -3.08. The summed E-state index contributed by atoms with van der Waals surface area (Å²) in [6.07, 6.45) is 4.63. The molecule has 2 heterocycles. The Bertz CT molecular complexity index is 1540. The van der Waals surface area contributed by atoms with Gasteiger partial charge in [-0.25, -0.2) is 4.39 Å². The van der Waals surface area contributed by atoms with Gasteiger partial charge in [-0.3, -0.25) is 4.39 Å². The van der Waals surface area contributed by atoms with Crippen LogP contribution in [-0.4, -0.2) is 31.2 Å². The van der Waals surface area contributed by atoms with Crippen LogP contribution in [0.2, 0.25) is 0 Å². The first-order valence-corrected chi connectivity index (χ1v) is 15.6. The molecule has 1 fully saturated rings. The maximum absolute atomic E-state index is 14.1. The number of fused-ring (bicyclic) bond motifs is 1. The fraction of sp³-hybridized carbons (Fsp3) is 0.351. The fourth-order valence-corrected chi connectivity index (χ4v) is 7.63. The topological polar surface area (TPSA) is 3.24 Å². The molecule has 0 radical (unpaired) electrons. The van der Waals surface area contributed by atoms with Gasteiger partial charge in [0.05, 0.1) is 6.67 Å². The first kappa shape index (κ1) is 29.4. The van der Waals surface area contributed by atoms with Crippen molar-refractivity contribution in [3.8, 4) is 0 Å². The largest absolute Gasteiger partial charge is 0.303 e. The molecular formula is C37H41F2NS. The van der Waals surface area contributed by atoms with Crippen LogP contribution in [0.3, 0.4) is 0 Å². The van der Waals surface area contributed by atoms with Gasteiger partial charge in [0.2, 0.25) is 0 Å². The summed E-state index contributed by atoms with van der Waals surface area (Å²) in [5.41, 5.74) is 10.0. The van der Waals surface area contributed by atoms with E-state index < -0.39 is 0 Å². The smallest absolute Gasteiger partial charge is 0.123 e. The van der Waals surface area contributed by atoms with Crippen molar-refractivity contribution in [3.63, 3.8) is 0 Å². The number of alkyl halides is 1. The third-order valence-electron chi connectivity index (χ3n) is 8.61. The van der Waals surface area contributed by atoms with E-state index in [1.165, 1.54) is 43.6 Å². The molecule has 3 aromatic carbocycles. The molecule has 5 rings (SSSR count). The minimum atomic E-state index is -0.227. The summed E-state index contributed by atoms with van der Waals surface area (Å²) in [5.74, 6) is 0.437. The lowest BCUT2D eigenvalue weighted by Gasteiger charge is -2.15. The highest BCUT2D eigenvalue weighted by Gasteiger charge is 2.23. The average Bonchev–Trinajstić information content (AvgIpc) is 3.55. The lowest BCUT2D eigenvalue weighted by molar-refractivity contribution is 0.301. The van der Waals surface area contributed by atoms with E-state index in [1.54, 1.807) is 23.5 Å². The monoisotopic (exact) mass is 569 g/mol. The summed E-state index contributed by atoms with van der Waals surface area (Å²) in [5, 5.41) is 1.25. The van der Waals surface area contributed by atoms with Gasteiger partial charge in [-0.2, -0.15) is 0 Å². The molecule has 214 valence electrons. The highest BCUT2D eigenvalue weighted by molar-refractivity contribution is 7.20. The van der Waals surface area contributed by atoms with Crippen molar-refractivity contribution in [2.45, 2.75) is 52.9 Å². The second-order valence-electron chi connectivity index (χ2n) is 11.7. The van der Waals surface area contributed by atoms with Crippen LogP contribution in [0.15, 0.2) is 67.8 Å². The van der Waals surface area contributed by atoms with Crippen LogP contribution in [0.25, 0.3) is 21.2 Å². The highest BCUT2D eigenvalue weighted by atomic mass is 32.1. The van der Waals surface area contributed by atoms with Gasteiger partial charge in [0, 0.05) is 22.7 Å². The van der Waals surface area contributed by atoms with Gasteiger partial charge in [-0.1, -0.05) is 56.5 Å². The summed E-state index contributed by atoms with van der Waals surface area (Å²) in [6, 6.07) is 19.0. The molecule has 1 aliphatic heterocycles. The van der Waals surface area contributed by atoms with E-state index in [9.17, 15) is 8.78 Å². The first-order chi connectivity index (χ1) is 19.8. The van der Waals surface area contributed by atoms with E-state index in [0.29, 0.717) is 12.3 Å². The fourth-order valence-electron chi connectivity index (χ4n) is 6.39. The normalized spacial score (nSPS) is 15.6. The minimum absolute atomic E-state index is 0.207. The predicted molar refractivity (Wildman–Crippen MR) is 173 cm³/mol. The summed E-state index contributed by atoms with van der Waals surface area (Å²) >= 11 is 1.78. The van der Waals surface area contributed by atoms with Crippen molar-refractivity contribution >= 4 is 32.6 Å². The molecule has 1 nitrogen and oxygen atoms in total. The number of allylic oxidation sites excluding steroid dienone is 1. The molecule has 0 bridgehead atoms. The molecule has 1 saturated heterocycles. The number of aryl methyl sites for hydroxylation is 2. The van der Waals surface area contributed by atoms with Crippen molar-refractivity contribution in [1.29, 1.82) is 0 Å². The predicted octanol–water partition coefficient (Wildman–Crippen LogP) is 9.96. The van der Waals surface area contributed by atoms with Crippen LogP contribution in [0, 0.1) is 25.6 Å². The molecule has 4 aromatic rings. The van der Waals surface area contributed by atoms with E-state index in [-0.39, 0.29) is 12.5 Å². The van der Waals surface area contributed by atoms with Crippen LogP contribution in [0.5, 0.6) is 0 Å². The molecule has 1 aliphatic rings. The average molecular weight is 570 g/mol. The van der Waals surface area contributed by atoms with Crippen LogP contribution < -0.4 is 0 Å². The molecule has 0 N–H and O–H groups in total. The number of rotatable bonds is 11. The third kappa shape index (κ3) is 6.55. The first-order valence-electron chi connectivity index (χ1n) is 14.8.